The highest BCUT2D eigenvalue weighted by molar-refractivity contribution is 6.32. The van der Waals surface area contributed by atoms with Crippen LogP contribution in [0, 0.1) is 0 Å². The number of aliphatic hydroxyl groups is 2. The molecule has 1 amide bonds. The van der Waals surface area contributed by atoms with Crippen LogP contribution in [-0.4, -0.2) is 44.7 Å². The fourth-order valence-electron chi connectivity index (χ4n) is 4.98. The third kappa shape index (κ3) is 5.51. The lowest BCUT2D eigenvalue weighted by atomic mass is 9.90. The maximum atomic E-state index is 13.8. The van der Waals surface area contributed by atoms with Gasteiger partial charge in [0.2, 0.25) is 0 Å². The molecule has 1 aliphatic heterocycles. The Morgan fingerprint density at radius 3 is 2.34 bits per heavy atom. The number of fused-ring (bicyclic) bond motifs is 1. The van der Waals surface area contributed by atoms with Gasteiger partial charge in [-0.25, -0.2) is 13.6 Å². The number of benzene rings is 3. The molecule has 1 aliphatic carbocycles. The average Bonchev–Trinajstić information content (AvgIpc) is 2.90. The summed E-state index contributed by atoms with van der Waals surface area (Å²) in [7, 11) is 0. The van der Waals surface area contributed by atoms with Crippen LogP contribution >= 0.6 is 11.6 Å². The number of rotatable bonds is 8. The molecule has 38 heavy (non-hydrogen) atoms. The van der Waals surface area contributed by atoms with Gasteiger partial charge in [-0.3, -0.25) is 4.79 Å². The fourth-order valence-corrected chi connectivity index (χ4v) is 5.21. The van der Waals surface area contributed by atoms with Gasteiger partial charge in [-0.2, -0.15) is 0 Å². The fraction of sp³-hybridized carbons (Fsp3) is 0.310. The zero-order valence-electron chi connectivity index (χ0n) is 20.4. The first-order chi connectivity index (χ1) is 18.2. The van der Waals surface area contributed by atoms with Crippen molar-refractivity contribution < 1.29 is 33.0 Å². The van der Waals surface area contributed by atoms with Gasteiger partial charge in [0.05, 0.1) is 17.9 Å². The molecule has 2 aliphatic rings. The zero-order valence-corrected chi connectivity index (χ0v) is 21.2. The van der Waals surface area contributed by atoms with Gasteiger partial charge in [-0.15, -0.1) is 0 Å². The lowest BCUT2D eigenvalue weighted by Crippen LogP contribution is -2.52. The minimum atomic E-state index is -2.79. The van der Waals surface area contributed by atoms with E-state index in [9.17, 15) is 23.5 Å². The summed E-state index contributed by atoms with van der Waals surface area (Å²) in [4.78, 5) is 27.5. The molecule has 1 unspecified atom stereocenters. The summed E-state index contributed by atoms with van der Waals surface area (Å²) in [6.45, 7) is 0.252. The number of alkyl halides is 2. The van der Waals surface area contributed by atoms with E-state index >= 15 is 0 Å². The third-order valence-corrected chi connectivity index (χ3v) is 7.29. The number of nitrogens with zero attached hydrogens (tertiary/aromatic N) is 1. The van der Waals surface area contributed by atoms with Crippen molar-refractivity contribution in [2.24, 2.45) is 0 Å². The smallest absolute Gasteiger partial charge is 0.326 e. The Kier molecular flexibility index (Phi) is 7.36. The van der Waals surface area contributed by atoms with Crippen molar-refractivity contribution in [1.29, 1.82) is 0 Å². The van der Waals surface area contributed by atoms with Gasteiger partial charge in [0, 0.05) is 24.1 Å². The molecule has 2 atom stereocenters. The van der Waals surface area contributed by atoms with E-state index in [2.05, 4.69) is 4.74 Å². The Bertz CT molecular complexity index is 1310. The minimum absolute atomic E-state index is 0.00365. The number of halogens is 3. The molecule has 5 rings (SSSR count). The summed E-state index contributed by atoms with van der Waals surface area (Å²) in [5.41, 5.74) is 2.81. The number of carbonyl (C=O) groups is 2. The molecular formula is C29H27ClF2NO5+. The minimum Gasteiger partial charge on any atom is -0.487 e. The summed E-state index contributed by atoms with van der Waals surface area (Å²) in [5, 5.41) is 10.5. The van der Waals surface area contributed by atoms with Crippen molar-refractivity contribution in [1.82, 2.24) is 4.90 Å². The quantitative estimate of drug-likeness (QED) is 0.391. The summed E-state index contributed by atoms with van der Waals surface area (Å²) >= 11 is 6.46. The summed E-state index contributed by atoms with van der Waals surface area (Å²) in [6, 6.07) is 20.4. The average molecular weight is 543 g/mol. The van der Waals surface area contributed by atoms with Gasteiger partial charge < -0.3 is 19.5 Å². The molecule has 2 N–H and O–H groups in total. The Balaban J connectivity index is 1.43. The molecule has 0 aromatic heterocycles. The normalized spacial score (nSPS) is 19.2. The first-order valence-electron chi connectivity index (χ1n) is 12.3. The van der Waals surface area contributed by atoms with Crippen molar-refractivity contribution in [3.05, 3.63) is 100 Å². The summed E-state index contributed by atoms with van der Waals surface area (Å²) < 4.78 is 37.5. The molecule has 6 nitrogen and oxygen atoms in total. The summed E-state index contributed by atoms with van der Waals surface area (Å²) in [6.07, 6.45) is -2.60. The second-order valence-electron chi connectivity index (χ2n) is 9.69. The van der Waals surface area contributed by atoms with Crippen molar-refractivity contribution in [3.8, 4) is 5.75 Å². The largest absolute Gasteiger partial charge is 0.487 e. The Labute approximate surface area is 223 Å². The number of hydrogen-bond donors (Lipinski definition) is 1. The van der Waals surface area contributed by atoms with Gasteiger partial charge in [-0.05, 0) is 17.2 Å². The standard InChI is InChI=1S/C29H26ClF2NO5/c30-23-12-11-20-16-33(24(28(35)36)13-22(20)26(23)37-17-18-7-3-1-4-8-18)27(34)25(19-9-5-2-6-10-19)38-21-14-29(31,32)15-21/h1-12,21,24-25H,13-17H2,(H,35,36)/p+1/t24-,25?/m1/s1. The van der Waals surface area contributed by atoms with Crippen LogP contribution in [0.15, 0.2) is 72.8 Å². The van der Waals surface area contributed by atoms with E-state index in [1.807, 2.05) is 30.3 Å². The highest BCUT2D eigenvalue weighted by Gasteiger charge is 2.52. The Morgan fingerprint density at radius 2 is 1.71 bits per heavy atom. The maximum Gasteiger partial charge on any atom is 0.326 e. The van der Waals surface area contributed by atoms with Gasteiger partial charge in [0.1, 0.15) is 18.4 Å². The monoisotopic (exact) mass is 542 g/mol. The van der Waals surface area contributed by atoms with Crippen LogP contribution in [0.5, 0.6) is 5.75 Å². The van der Waals surface area contributed by atoms with E-state index in [1.54, 1.807) is 42.5 Å². The highest BCUT2D eigenvalue weighted by atomic mass is 35.5. The molecule has 1 heterocycles. The molecule has 0 radical (unpaired) electrons. The molecule has 0 saturated heterocycles. The van der Waals surface area contributed by atoms with E-state index in [1.165, 1.54) is 4.90 Å². The van der Waals surface area contributed by atoms with Gasteiger partial charge in [0.15, 0.2) is 6.10 Å². The van der Waals surface area contributed by atoms with E-state index in [0.717, 1.165) is 5.56 Å². The number of amides is 1. The molecule has 9 heteroatoms. The number of ether oxygens (including phenoxy) is 2. The lowest BCUT2D eigenvalue weighted by molar-refractivity contribution is -0.259. The van der Waals surface area contributed by atoms with Gasteiger partial charge in [0.25, 0.3) is 12.0 Å². The number of carboxylic acid groups (broad SMARTS) is 1. The predicted molar refractivity (Wildman–Crippen MR) is 137 cm³/mol. The zero-order chi connectivity index (χ0) is 26.9. The predicted octanol–water partition coefficient (Wildman–Crippen LogP) is 5.32. The first kappa shape index (κ1) is 26.1. The SMILES string of the molecule is O=C(O)[C@H]1Cc2c(ccc(Cl)c2OCc2ccccc2)CN1C(=O)C([OH+]C1CC(F)(F)C1)c1ccccc1. The summed E-state index contributed by atoms with van der Waals surface area (Å²) in [5.74, 6) is -4.11. The van der Waals surface area contributed by atoms with E-state index in [4.69, 9.17) is 16.3 Å². The van der Waals surface area contributed by atoms with E-state index in [0.29, 0.717) is 27.5 Å². The molecule has 0 bridgehead atoms. The molecule has 198 valence electrons. The van der Waals surface area contributed by atoms with Crippen LogP contribution in [0.1, 0.15) is 41.2 Å². The molecule has 1 fully saturated rings. The molecule has 3 aromatic carbocycles. The Morgan fingerprint density at radius 1 is 1.05 bits per heavy atom. The lowest BCUT2D eigenvalue weighted by Gasteiger charge is -2.38. The second-order valence-corrected chi connectivity index (χ2v) is 10.1. The molecule has 3 aromatic rings. The topological polar surface area (TPSA) is 79.6 Å². The van der Waals surface area contributed by atoms with Gasteiger partial charge >= 0.3 is 11.9 Å². The van der Waals surface area contributed by atoms with Crippen LogP contribution < -0.4 is 4.74 Å². The van der Waals surface area contributed by atoms with Crippen LogP contribution in [0.25, 0.3) is 0 Å². The van der Waals surface area contributed by atoms with Crippen LogP contribution in [0.3, 0.4) is 0 Å². The maximum absolute atomic E-state index is 13.8. The van der Waals surface area contributed by atoms with Gasteiger partial charge in [-0.1, -0.05) is 78.3 Å². The van der Waals surface area contributed by atoms with Crippen molar-refractivity contribution in [2.75, 3.05) is 0 Å². The number of carbonyl (C=O) groups excluding carboxylic acids is 1. The van der Waals surface area contributed by atoms with Crippen LogP contribution in [0.4, 0.5) is 8.78 Å². The highest BCUT2D eigenvalue weighted by Crippen LogP contribution is 2.42. The molecular weight excluding hydrogens is 516 g/mol. The molecule has 1 saturated carbocycles. The van der Waals surface area contributed by atoms with Crippen molar-refractivity contribution in [2.45, 2.75) is 56.6 Å². The first-order valence-corrected chi connectivity index (χ1v) is 12.7. The van der Waals surface area contributed by atoms with E-state index in [-0.39, 0.29) is 19.6 Å². The van der Waals surface area contributed by atoms with Crippen LogP contribution in [-0.2, 0) is 29.2 Å². The van der Waals surface area contributed by atoms with Crippen molar-refractivity contribution >= 4 is 23.5 Å². The number of carboxylic acids is 1. The number of hydrogen-bond acceptors (Lipinski definition) is 3. The van der Waals surface area contributed by atoms with Crippen LogP contribution in [0.2, 0.25) is 5.02 Å². The second kappa shape index (κ2) is 10.7. The third-order valence-electron chi connectivity index (χ3n) is 7.00. The Hall–Kier alpha value is -3.49. The number of aliphatic carboxylic acids is 1. The molecule has 0 spiro atoms. The van der Waals surface area contributed by atoms with Crippen molar-refractivity contribution in [3.63, 3.8) is 0 Å². The van der Waals surface area contributed by atoms with E-state index < -0.39 is 48.9 Å².